The molecule has 0 radical (unpaired) electrons. The molecule has 0 amide bonds. The minimum absolute atomic E-state index is 0.262. The van der Waals surface area contributed by atoms with Crippen molar-refractivity contribution < 1.29 is 9.53 Å². The second-order valence-electron chi connectivity index (χ2n) is 3.39. The average Bonchev–Trinajstić information content (AvgIpc) is 2.24. The fraction of sp³-hybridized carbons (Fsp3) is 0.417. The Morgan fingerprint density at radius 1 is 1.40 bits per heavy atom. The molecule has 0 aromatic heterocycles. The van der Waals surface area contributed by atoms with Crippen LogP contribution >= 0.6 is 12.6 Å². The first-order valence-corrected chi connectivity index (χ1v) is 5.65. The molecular formula is C12H16O2S. The molecule has 0 aliphatic carbocycles. The van der Waals surface area contributed by atoms with Crippen molar-refractivity contribution >= 4 is 18.6 Å². The van der Waals surface area contributed by atoms with E-state index in [1.54, 1.807) is 18.2 Å². The highest BCUT2D eigenvalue weighted by Gasteiger charge is 2.05. The highest BCUT2D eigenvalue weighted by Crippen LogP contribution is 2.10. The number of hydrogen-bond donors (Lipinski definition) is 1. The van der Waals surface area contributed by atoms with E-state index in [-0.39, 0.29) is 5.97 Å². The average molecular weight is 224 g/mol. The summed E-state index contributed by atoms with van der Waals surface area (Å²) in [6, 6.07) is 7.08. The summed E-state index contributed by atoms with van der Waals surface area (Å²) in [5, 5.41) is 0. The maximum atomic E-state index is 11.5. The Bertz CT molecular complexity index is 323. The van der Waals surface area contributed by atoms with Crippen molar-refractivity contribution in [1.29, 1.82) is 0 Å². The summed E-state index contributed by atoms with van der Waals surface area (Å²) in [5.74, 6) is -0.262. The number of carbonyl (C=O) groups is 1. The Labute approximate surface area is 96.1 Å². The summed E-state index contributed by atoms with van der Waals surface area (Å²) >= 11 is 4.17. The second kappa shape index (κ2) is 6.51. The topological polar surface area (TPSA) is 26.3 Å². The minimum atomic E-state index is -0.262. The van der Waals surface area contributed by atoms with Crippen LogP contribution < -0.4 is 0 Å². The highest BCUT2D eigenvalue weighted by molar-refractivity contribution is 7.80. The van der Waals surface area contributed by atoms with Gasteiger partial charge in [0, 0.05) is 4.90 Å². The molecule has 0 fully saturated rings. The predicted molar refractivity (Wildman–Crippen MR) is 63.5 cm³/mol. The third-order valence-electron chi connectivity index (χ3n) is 2.06. The largest absolute Gasteiger partial charge is 0.462 e. The smallest absolute Gasteiger partial charge is 0.338 e. The molecule has 1 rings (SSSR count). The molecule has 0 bridgehead atoms. The molecule has 1 aromatic rings. The van der Waals surface area contributed by atoms with Crippen molar-refractivity contribution in [2.24, 2.45) is 0 Å². The van der Waals surface area contributed by atoms with Gasteiger partial charge in [-0.05, 0) is 24.6 Å². The summed E-state index contributed by atoms with van der Waals surface area (Å²) in [6.45, 7) is 2.62. The molecule has 0 aliphatic heterocycles. The lowest BCUT2D eigenvalue weighted by Gasteiger charge is -2.04. The van der Waals surface area contributed by atoms with Crippen molar-refractivity contribution in [1.82, 2.24) is 0 Å². The van der Waals surface area contributed by atoms with Gasteiger partial charge in [0.1, 0.15) is 0 Å². The predicted octanol–water partition coefficient (Wildman–Crippen LogP) is 3.32. The summed E-state index contributed by atoms with van der Waals surface area (Å²) in [6.07, 6.45) is 3.16. The quantitative estimate of drug-likeness (QED) is 0.472. The molecule has 0 saturated carbocycles. The van der Waals surface area contributed by atoms with Crippen molar-refractivity contribution in [3.8, 4) is 0 Å². The molecule has 0 atom stereocenters. The number of unbranched alkanes of at least 4 members (excludes halogenated alkanes) is 2. The zero-order valence-electron chi connectivity index (χ0n) is 8.90. The summed E-state index contributed by atoms with van der Waals surface area (Å²) < 4.78 is 5.11. The van der Waals surface area contributed by atoms with Crippen LogP contribution in [0.3, 0.4) is 0 Å². The van der Waals surface area contributed by atoms with E-state index in [0.29, 0.717) is 12.2 Å². The number of thiol groups is 1. The maximum absolute atomic E-state index is 11.5. The van der Waals surface area contributed by atoms with Crippen LogP contribution in [-0.4, -0.2) is 12.6 Å². The first-order valence-electron chi connectivity index (χ1n) is 5.20. The second-order valence-corrected chi connectivity index (χ2v) is 3.91. The van der Waals surface area contributed by atoms with Crippen LogP contribution in [0.1, 0.15) is 36.5 Å². The lowest BCUT2D eigenvalue weighted by molar-refractivity contribution is 0.0498. The first kappa shape index (κ1) is 12.1. The van der Waals surface area contributed by atoms with Gasteiger partial charge in [0.25, 0.3) is 0 Å². The third kappa shape index (κ3) is 4.38. The van der Waals surface area contributed by atoms with Crippen LogP contribution in [0.4, 0.5) is 0 Å². The molecule has 0 spiro atoms. The van der Waals surface area contributed by atoms with E-state index in [2.05, 4.69) is 19.6 Å². The van der Waals surface area contributed by atoms with Gasteiger partial charge in [-0.1, -0.05) is 25.8 Å². The molecule has 1 aromatic carbocycles. The Morgan fingerprint density at radius 3 is 2.87 bits per heavy atom. The van der Waals surface area contributed by atoms with Crippen LogP contribution in [0.5, 0.6) is 0 Å². The van der Waals surface area contributed by atoms with Gasteiger partial charge in [0.15, 0.2) is 0 Å². The number of carbonyl (C=O) groups excluding carboxylic acids is 1. The SMILES string of the molecule is CCCCCOC(=O)c1cccc(S)c1. The van der Waals surface area contributed by atoms with E-state index in [9.17, 15) is 4.79 Å². The minimum Gasteiger partial charge on any atom is -0.462 e. The lowest BCUT2D eigenvalue weighted by atomic mass is 10.2. The molecular weight excluding hydrogens is 208 g/mol. The third-order valence-corrected chi connectivity index (χ3v) is 2.34. The molecule has 0 saturated heterocycles. The van der Waals surface area contributed by atoms with Gasteiger partial charge < -0.3 is 4.74 Å². The summed E-state index contributed by atoms with van der Waals surface area (Å²) in [7, 11) is 0. The van der Waals surface area contributed by atoms with Crippen molar-refractivity contribution in [2.45, 2.75) is 31.1 Å². The normalized spacial score (nSPS) is 10.0. The van der Waals surface area contributed by atoms with Gasteiger partial charge in [-0.2, -0.15) is 0 Å². The molecule has 3 heteroatoms. The molecule has 0 unspecified atom stereocenters. The van der Waals surface area contributed by atoms with Gasteiger partial charge in [-0.25, -0.2) is 4.79 Å². The van der Waals surface area contributed by atoms with Gasteiger partial charge in [-0.3, -0.25) is 0 Å². The number of esters is 1. The van der Waals surface area contributed by atoms with Crippen LogP contribution in [0.25, 0.3) is 0 Å². The van der Waals surface area contributed by atoms with E-state index < -0.39 is 0 Å². The standard InChI is InChI=1S/C12H16O2S/c1-2-3-4-8-14-12(13)10-6-5-7-11(15)9-10/h5-7,9,15H,2-4,8H2,1H3. The van der Waals surface area contributed by atoms with Gasteiger partial charge in [-0.15, -0.1) is 12.6 Å². The van der Waals surface area contributed by atoms with Crippen LogP contribution in [0.15, 0.2) is 29.2 Å². The number of benzene rings is 1. The van der Waals surface area contributed by atoms with Gasteiger partial charge in [0.05, 0.1) is 12.2 Å². The Hall–Kier alpha value is -0.960. The molecule has 0 aliphatic rings. The van der Waals surface area contributed by atoms with E-state index in [1.165, 1.54) is 0 Å². The monoisotopic (exact) mass is 224 g/mol. The van der Waals surface area contributed by atoms with E-state index >= 15 is 0 Å². The van der Waals surface area contributed by atoms with E-state index in [0.717, 1.165) is 24.2 Å². The van der Waals surface area contributed by atoms with Gasteiger partial charge >= 0.3 is 5.97 Å². The van der Waals surface area contributed by atoms with Crippen LogP contribution in [-0.2, 0) is 4.74 Å². The summed E-state index contributed by atoms with van der Waals surface area (Å²) in [4.78, 5) is 12.3. The van der Waals surface area contributed by atoms with Crippen LogP contribution in [0.2, 0.25) is 0 Å². The highest BCUT2D eigenvalue weighted by atomic mass is 32.1. The zero-order chi connectivity index (χ0) is 11.1. The number of rotatable bonds is 5. The number of ether oxygens (including phenoxy) is 1. The van der Waals surface area contributed by atoms with Crippen molar-refractivity contribution in [2.75, 3.05) is 6.61 Å². The number of hydrogen-bond acceptors (Lipinski definition) is 3. The fourth-order valence-corrected chi connectivity index (χ4v) is 1.46. The van der Waals surface area contributed by atoms with Gasteiger partial charge in [0.2, 0.25) is 0 Å². The molecule has 15 heavy (non-hydrogen) atoms. The molecule has 0 heterocycles. The lowest BCUT2D eigenvalue weighted by Crippen LogP contribution is -2.06. The zero-order valence-corrected chi connectivity index (χ0v) is 9.80. The Kier molecular flexibility index (Phi) is 5.26. The Morgan fingerprint density at radius 2 is 2.20 bits per heavy atom. The van der Waals surface area contributed by atoms with E-state index in [1.807, 2.05) is 6.07 Å². The molecule has 0 N–H and O–H groups in total. The molecule has 2 nitrogen and oxygen atoms in total. The summed E-state index contributed by atoms with van der Waals surface area (Å²) in [5.41, 5.74) is 0.569. The fourth-order valence-electron chi connectivity index (χ4n) is 1.23. The Balaban J connectivity index is 2.40. The molecule has 82 valence electrons. The van der Waals surface area contributed by atoms with Crippen molar-refractivity contribution in [3.05, 3.63) is 29.8 Å². The first-order chi connectivity index (χ1) is 7.24. The maximum Gasteiger partial charge on any atom is 0.338 e. The van der Waals surface area contributed by atoms with Crippen molar-refractivity contribution in [3.63, 3.8) is 0 Å². The van der Waals surface area contributed by atoms with Crippen LogP contribution in [0, 0.1) is 0 Å². The van der Waals surface area contributed by atoms with E-state index in [4.69, 9.17) is 4.74 Å².